The van der Waals surface area contributed by atoms with E-state index in [1.54, 1.807) is 11.8 Å². The maximum absolute atomic E-state index is 11.0. The van der Waals surface area contributed by atoms with E-state index in [0.717, 1.165) is 15.4 Å². The molecular weight excluding hydrogens is 358 g/mol. The zero-order valence-corrected chi connectivity index (χ0v) is 15.3. The standard InChI is InChI=1S/C18H19NO4S2/c1-13(20)23-19-17(11-24-12-18(21)22)14-7-9-16(10-8-14)25-15-5-3-2-4-6-15/h2-10,18,21-22H,11-12H2,1H3. The van der Waals surface area contributed by atoms with Crippen molar-refractivity contribution in [2.45, 2.75) is 23.0 Å². The molecule has 25 heavy (non-hydrogen) atoms. The van der Waals surface area contributed by atoms with Gasteiger partial charge in [0, 0.05) is 33.8 Å². The molecule has 0 saturated heterocycles. The van der Waals surface area contributed by atoms with Crippen LogP contribution in [0.3, 0.4) is 0 Å². The molecule has 0 fully saturated rings. The number of hydrogen-bond donors (Lipinski definition) is 2. The highest BCUT2D eigenvalue weighted by atomic mass is 32.2. The lowest BCUT2D eigenvalue weighted by Gasteiger charge is -2.08. The number of aliphatic hydroxyl groups excluding tert-OH is 1. The van der Waals surface area contributed by atoms with Crippen LogP contribution in [-0.4, -0.2) is 39.7 Å². The van der Waals surface area contributed by atoms with Gasteiger partial charge in [-0.15, -0.1) is 0 Å². The quantitative estimate of drug-likeness (QED) is 0.318. The van der Waals surface area contributed by atoms with Crippen molar-refractivity contribution >= 4 is 35.2 Å². The zero-order valence-electron chi connectivity index (χ0n) is 13.7. The molecule has 0 aliphatic rings. The largest absolute Gasteiger partial charge is 0.367 e. The molecule has 132 valence electrons. The van der Waals surface area contributed by atoms with E-state index in [1.807, 2.05) is 54.6 Å². The van der Waals surface area contributed by atoms with Crippen LogP contribution in [0.15, 0.2) is 69.5 Å². The monoisotopic (exact) mass is 377 g/mol. The van der Waals surface area contributed by atoms with Crippen molar-refractivity contribution in [3.8, 4) is 0 Å². The van der Waals surface area contributed by atoms with Crippen LogP contribution in [0.5, 0.6) is 0 Å². The molecule has 2 aromatic carbocycles. The SMILES string of the molecule is CC(=O)ON=C(CSCC(O)O)c1ccc(Sc2ccccc2)cc1. The van der Waals surface area contributed by atoms with Crippen LogP contribution in [0.4, 0.5) is 0 Å². The van der Waals surface area contributed by atoms with E-state index < -0.39 is 12.3 Å². The number of carbonyl (C=O) groups is 1. The summed E-state index contributed by atoms with van der Waals surface area (Å²) in [5, 5.41) is 21.8. The number of aliphatic hydroxyl groups is 2. The van der Waals surface area contributed by atoms with Crippen LogP contribution in [0.2, 0.25) is 0 Å². The van der Waals surface area contributed by atoms with Crippen LogP contribution in [0, 0.1) is 0 Å². The first-order valence-corrected chi connectivity index (χ1v) is 9.53. The average Bonchev–Trinajstić information content (AvgIpc) is 2.59. The lowest BCUT2D eigenvalue weighted by molar-refractivity contribution is -0.140. The highest BCUT2D eigenvalue weighted by Gasteiger charge is 2.08. The molecular formula is C18H19NO4S2. The fraction of sp³-hybridized carbons (Fsp3) is 0.222. The second-order valence-corrected chi connectivity index (χ2v) is 7.23. The molecule has 2 rings (SSSR count). The maximum Gasteiger partial charge on any atom is 0.331 e. The van der Waals surface area contributed by atoms with Crippen molar-refractivity contribution in [2.75, 3.05) is 11.5 Å². The number of hydrogen-bond acceptors (Lipinski definition) is 7. The number of benzene rings is 2. The van der Waals surface area contributed by atoms with Gasteiger partial charge in [0.25, 0.3) is 0 Å². The minimum Gasteiger partial charge on any atom is -0.367 e. The third kappa shape index (κ3) is 7.31. The lowest BCUT2D eigenvalue weighted by atomic mass is 10.1. The predicted molar refractivity (Wildman–Crippen MR) is 101 cm³/mol. The van der Waals surface area contributed by atoms with E-state index in [1.165, 1.54) is 18.7 Å². The number of nitrogens with zero attached hydrogens (tertiary/aromatic N) is 1. The Morgan fingerprint density at radius 3 is 2.32 bits per heavy atom. The maximum atomic E-state index is 11.0. The molecule has 0 amide bonds. The number of rotatable bonds is 8. The molecule has 0 radical (unpaired) electrons. The summed E-state index contributed by atoms with van der Waals surface area (Å²) in [5.74, 6) is 0.0536. The summed E-state index contributed by atoms with van der Waals surface area (Å²) in [6.07, 6.45) is -1.38. The van der Waals surface area contributed by atoms with Crippen LogP contribution in [0.1, 0.15) is 12.5 Å². The molecule has 0 atom stereocenters. The summed E-state index contributed by atoms with van der Waals surface area (Å²) in [4.78, 5) is 18.0. The molecule has 0 saturated carbocycles. The highest BCUT2D eigenvalue weighted by Crippen LogP contribution is 2.27. The van der Waals surface area contributed by atoms with Gasteiger partial charge >= 0.3 is 5.97 Å². The van der Waals surface area contributed by atoms with Gasteiger partial charge in [0.2, 0.25) is 0 Å². The van der Waals surface area contributed by atoms with Crippen molar-refractivity contribution < 1.29 is 19.8 Å². The first-order chi connectivity index (χ1) is 12.0. The Hall–Kier alpha value is -1.80. The Labute approximate surface area is 155 Å². The predicted octanol–water partition coefficient (Wildman–Crippen LogP) is 3.15. The average molecular weight is 377 g/mol. The number of carbonyl (C=O) groups excluding carboxylic acids is 1. The fourth-order valence-corrected chi connectivity index (χ4v) is 3.46. The van der Waals surface area contributed by atoms with Crippen LogP contribution in [0.25, 0.3) is 0 Å². The van der Waals surface area contributed by atoms with Crippen molar-refractivity contribution in [3.63, 3.8) is 0 Å². The summed E-state index contributed by atoms with van der Waals surface area (Å²) in [6, 6.07) is 17.8. The Bertz CT molecular complexity index is 703. The van der Waals surface area contributed by atoms with Crippen LogP contribution >= 0.6 is 23.5 Å². The van der Waals surface area contributed by atoms with Gasteiger partial charge in [-0.2, -0.15) is 11.8 Å². The van der Waals surface area contributed by atoms with Crippen LogP contribution in [-0.2, 0) is 9.63 Å². The smallest absolute Gasteiger partial charge is 0.331 e. The van der Waals surface area contributed by atoms with Gasteiger partial charge in [0.1, 0.15) is 0 Å². The van der Waals surface area contributed by atoms with Crippen molar-refractivity contribution in [3.05, 3.63) is 60.2 Å². The van der Waals surface area contributed by atoms with Gasteiger partial charge in [-0.05, 0) is 24.3 Å². The molecule has 0 spiro atoms. The number of thioether (sulfide) groups is 1. The molecule has 5 nitrogen and oxygen atoms in total. The van der Waals surface area contributed by atoms with Gasteiger partial charge in [0.15, 0.2) is 6.29 Å². The summed E-state index contributed by atoms with van der Waals surface area (Å²) >= 11 is 2.95. The minimum absolute atomic E-state index is 0.154. The Morgan fingerprint density at radius 2 is 1.72 bits per heavy atom. The summed E-state index contributed by atoms with van der Waals surface area (Å²) in [5.41, 5.74) is 1.38. The van der Waals surface area contributed by atoms with E-state index >= 15 is 0 Å². The fourth-order valence-electron chi connectivity index (χ4n) is 1.88. The third-order valence-electron chi connectivity index (χ3n) is 2.96. The lowest BCUT2D eigenvalue weighted by Crippen LogP contribution is -2.12. The van der Waals surface area contributed by atoms with E-state index in [9.17, 15) is 4.79 Å². The molecule has 2 aromatic rings. The van der Waals surface area contributed by atoms with E-state index in [2.05, 4.69) is 5.16 Å². The second-order valence-electron chi connectivity index (χ2n) is 5.06. The molecule has 7 heteroatoms. The minimum atomic E-state index is -1.38. The van der Waals surface area contributed by atoms with Crippen molar-refractivity contribution in [1.29, 1.82) is 0 Å². The summed E-state index contributed by atoms with van der Waals surface area (Å²) < 4.78 is 0. The third-order valence-corrected chi connectivity index (χ3v) is 4.98. The van der Waals surface area contributed by atoms with Crippen molar-refractivity contribution in [1.82, 2.24) is 0 Å². The molecule has 0 bridgehead atoms. The Balaban J connectivity index is 2.08. The normalized spacial score (nSPS) is 11.6. The van der Waals surface area contributed by atoms with Gasteiger partial charge in [-0.3, -0.25) is 0 Å². The Morgan fingerprint density at radius 1 is 1.08 bits per heavy atom. The van der Waals surface area contributed by atoms with Crippen LogP contribution < -0.4 is 0 Å². The van der Waals surface area contributed by atoms with Gasteiger partial charge in [-0.1, -0.05) is 47.2 Å². The topological polar surface area (TPSA) is 79.1 Å². The zero-order chi connectivity index (χ0) is 18.1. The molecule has 0 aliphatic carbocycles. The van der Waals surface area contributed by atoms with Gasteiger partial charge in [0.05, 0.1) is 5.71 Å². The van der Waals surface area contributed by atoms with E-state index in [0.29, 0.717) is 11.5 Å². The first-order valence-electron chi connectivity index (χ1n) is 7.56. The molecule has 0 aromatic heterocycles. The molecule has 0 heterocycles. The van der Waals surface area contributed by atoms with Crippen molar-refractivity contribution in [2.24, 2.45) is 5.16 Å². The van der Waals surface area contributed by atoms with E-state index in [4.69, 9.17) is 15.1 Å². The second kappa shape index (κ2) is 10.2. The Kier molecular flexibility index (Phi) is 8.00. The van der Waals surface area contributed by atoms with Gasteiger partial charge in [-0.25, -0.2) is 4.79 Å². The van der Waals surface area contributed by atoms with Gasteiger partial charge < -0.3 is 15.1 Å². The number of oxime groups is 1. The summed E-state index contributed by atoms with van der Waals surface area (Å²) in [7, 11) is 0. The first kappa shape index (κ1) is 19.5. The molecule has 2 N–H and O–H groups in total. The molecule has 0 aliphatic heterocycles. The summed E-state index contributed by atoms with van der Waals surface area (Å²) in [6.45, 7) is 1.28. The van der Waals surface area contributed by atoms with E-state index in [-0.39, 0.29) is 5.75 Å². The highest BCUT2D eigenvalue weighted by molar-refractivity contribution is 8.00. The molecule has 0 unspecified atom stereocenters.